The van der Waals surface area contributed by atoms with E-state index in [1.807, 2.05) is 18.2 Å². The van der Waals surface area contributed by atoms with Gasteiger partial charge in [-0.25, -0.2) is 4.98 Å². The molecule has 17 heavy (non-hydrogen) atoms. The summed E-state index contributed by atoms with van der Waals surface area (Å²) in [6.45, 7) is 0. The van der Waals surface area contributed by atoms with Crippen LogP contribution in [0.3, 0.4) is 0 Å². The molecule has 3 rings (SSSR count). The number of imidazole rings is 1. The zero-order chi connectivity index (χ0) is 12.0. The number of aryl methyl sites for hydroxylation is 1. The van der Waals surface area contributed by atoms with Crippen LogP contribution in [0.4, 0.5) is 13.2 Å². The third kappa shape index (κ3) is 1.69. The molecule has 0 saturated carbocycles. The van der Waals surface area contributed by atoms with Gasteiger partial charge in [0.25, 0.3) is 0 Å². The van der Waals surface area contributed by atoms with Gasteiger partial charge in [0.15, 0.2) is 0 Å². The molecule has 2 heterocycles. The summed E-state index contributed by atoms with van der Waals surface area (Å²) in [4.78, 5) is 4.37. The monoisotopic (exact) mass is 240 g/mol. The molecule has 1 aliphatic rings. The molecular formula is C12H11F3N2. The highest BCUT2D eigenvalue weighted by Gasteiger charge is 2.42. The molecule has 0 saturated heterocycles. The Labute approximate surface area is 96.1 Å². The van der Waals surface area contributed by atoms with E-state index in [2.05, 4.69) is 4.98 Å². The second-order valence-electron chi connectivity index (χ2n) is 4.42. The molecule has 0 fully saturated rings. The van der Waals surface area contributed by atoms with Crippen molar-refractivity contribution in [1.29, 1.82) is 0 Å². The van der Waals surface area contributed by atoms with Crippen LogP contribution in [0, 0.1) is 5.92 Å². The van der Waals surface area contributed by atoms with Crippen molar-refractivity contribution >= 4 is 5.65 Å². The van der Waals surface area contributed by atoms with E-state index in [-0.39, 0.29) is 12.8 Å². The van der Waals surface area contributed by atoms with Crippen LogP contribution in [0.1, 0.15) is 17.8 Å². The number of alkyl halides is 3. The van der Waals surface area contributed by atoms with Gasteiger partial charge in [-0.15, -0.1) is 0 Å². The van der Waals surface area contributed by atoms with Gasteiger partial charge in [-0.1, -0.05) is 6.07 Å². The molecule has 0 bridgehead atoms. The normalized spacial score (nSPS) is 20.5. The highest BCUT2D eigenvalue weighted by molar-refractivity contribution is 5.44. The number of rotatable bonds is 0. The molecule has 0 radical (unpaired) electrons. The van der Waals surface area contributed by atoms with Gasteiger partial charge in [0.2, 0.25) is 0 Å². The molecule has 1 atom stereocenters. The van der Waals surface area contributed by atoms with Crippen LogP contribution < -0.4 is 0 Å². The van der Waals surface area contributed by atoms with E-state index in [9.17, 15) is 13.2 Å². The van der Waals surface area contributed by atoms with Gasteiger partial charge < -0.3 is 4.40 Å². The fraction of sp³-hybridized carbons (Fsp3) is 0.417. The molecule has 5 heteroatoms. The van der Waals surface area contributed by atoms with E-state index in [0.29, 0.717) is 12.1 Å². The van der Waals surface area contributed by atoms with Crippen LogP contribution in [-0.2, 0) is 12.8 Å². The fourth-order valence-corrected chi connectivity index (χ4v) is 2.44. The lowest BCUT2D eigenvalue weighted by atomic mass is 9.89. The van der Waals surface area contributed by atoms with Gasteiger partial charge in [-0.2, -0.15) is 13.2 Å². The Kier molecular flexibility index (Phi) is 2.18. The lowest BCUT2D eigenvalue weighted by molar-refractivity contribution is -0.177. The summed E-state index contributed by atoms with van der Waals surface area (Å²) in [5.41, 5.74) is 2.27. The summed E-state index contributed by atoms with van der Waals surface area (Å²) >= 11 is 0. The second kappa shape index (κ2) is 3.48. The van der Waals surface area contributed by atoms with Crippen LogP contribution in [0.15, 0.2) is 24.4 Å². The van der Waals surface area contributed by atoms with Crippen LogP contribution >= 0.6 is 0 Å². The van der Waals surface area contributed by atoms with Gasteiger partial charge in [0.05, 0.1) is 11.6 Å². The lowest BCUT2D eigenvalue weighted by Gasteiger charge is -2.24. The Balaban J connectivity index is 2.06. The number of hydrogen-bond donors (Lipinski definition) is 0. The van der Waals surface area contributed by atoms with Gasteiger partial charge >= 0.3 is 6.18 Å². The predicted molar refractivity (Wildman–Crippen MR) is 56.8 cm³/mol. The lowest BCUT2D eigenvalue weighted by Crippen LogP contribution is -2.29. The second-order valence-corrected chi connectivity index (χ2v) is 4.42. The van der Waals surface area contributed by atoms with Crippen molar-refractivity contribution < 1.29 is 13.2 Å². The van der Waals surface area contributed by atoms with Crippen molar-refractivity contribution in [2.45, 2.75) is 25.4 Å². The summed E-state index contributed by atoms with van der Waals surface area (Å²) < 4.78 is 39.9. The molecule has 0 amide bonds. The number of aromatic nitrogens is 2. The first kappa shape index (κ1) is 10.6. The number of halogens is 3. The molecule has 2 aromatic heterocycles. The maximum absolute atomic E-state index is 12.7. The minimum absolute atomic E-state index is 0.0456. The molecule has 0 aliphatic heterocycles. The third-order valence-corrected chi connectivity index (χ3v) is 3.34. The van der Waals surface area contributed by atoms with E-state index < -0.39 is 12.1 Å². The zero-order valence-corrected chi connectivity index (χ0v) is 9.04. The highest BCUT2D eigenvalue weighted by atomic mass is 19.4. The molecule has 2 aromatic rings. The van der Waals surface area contributed by atoms with Crippen molar-refractivity contribution in [3.05, 3.63) is 35.8 Å². The summed E-state index contributed by atoms with van der Waals surface area (Å²) in [5, 5.41) is 0. The van der Waals surface area contributed by atoms with Crippen LogP contribution in [0.25, 0.3) is 5.65 Å². The fourth-order valence-electron chi connectivity index (χ4n) is 2.44. The summed E-state index contributed by atoms with van der Waals surface area (Å²) in [6, 6.07) is 5.47. The summed E-state index contributed by atoms with van der Waals surface area (Å²) in [7, 11) is 0. The smallest absolute Gasteiger partial charge is 0.304 e. The highest BCUT2D eigenvalue weighted by Crippen LogP contribution is 2.36. The van der Waals surface area contributed by atoms with Crippen LogP contribution in [0.5, 0.6) is 0 Å². The van der Waals surface area contributed by atoms with Gasteiger partial charge in [-0.3, -0.25) is 0 Å². The third-order valence-electron chi connectivity index (χ3n) is 3.34. The zero-order valence-electron chi connectivity index (χ0n) is 9.04. The van der Waals surface area contributed by atoms with Gasteiger partial charge in [0.1, 0.15) is 5.65 Å². The maximum Gasteiger partial charge on any atom is 0.392 e. The number of pyridine rings is 1. The average Bonchev–Trinajstić information content (AvgIpc) is 2.65. The van der Waals surface area contributed by atoms with Crippen LogP contribution in [0.2, 0.25) is 0 Å². The molecule has 90 valence electrons. The standard InChI is InChI=1S/C12H11F3N2/c13-12(14,15)8-4-5-9-10(7-8)17-6-2-1-3-11(17)16-9/h1-3,6,8H,4-5,7H2. The summed E-state index contributed by atoms with van der Waals surface area (Å²) in [6.07, 6.45) is -1.71. The van der Waals surface area contributed by atoms with Crippen molar-refractivity contribution in [2.24, 2.45) is 5.92 Å². The summed E-state index contributed by atoms with van der Waals surface area (Å²) in [5.74, 6) is -1.23. The molecule has 2 nitrogen and oxygen atoms in total. The minimum atomic E-state index is -4.10. The van der Waals surface area contributed by atoms with Crippen LogP contribution in [-0.4, -0.2) is 15.6 Å². The molecule has 0 N–H and O–H groups in total. The van der Waals surface area contributed by atoms with E-state index >= 15 is 0 Å². The molecule has 0 aromatic carbocycles. The van der Waals surface area contributed by atoms with E-state index in [4.69, 9.17) is 0 Å². The quantitative estimate of drug-likeness (QED) is 0.692. The van der Waals surface area contributed by atoms with Crippen molar-refractivity contribution in [3.63, 3.8) is 0 Å². The van der Waals surface area contributed by atoms with E-state index in [1.54, 1.807) is 10.6 Å². The Bertz CT molecular complexity index is 556. The Morgan fingerprint density at radius 3 is 2.88 bits per heavy atom. The topological polar surface area (TPSA) is 17.3 Å². The van der Waals surface area contributed by atoms with Crippen molar-refractivity contribution in [1.82, 2.24) is 9.38 Å². The molecule has 1 unspecified atom stereocenters. The Hall–Kier alpha value is -1.52. The van der Waals surface area contributed by atoms with E-state index in [0.717, 1.165) is 11.3 Å². The maximum atomic E-state index is 12.7. The number of hydrogen-bond acceptors (Lipinski definition) is 1. The molecule has 0 spiro atoms. The first-order chi connectivity index (χ1) is 8.05. The van der Waals surface area contributed by atoms with Crippen molar-refractivity contribution in [3.8, 4) is 0 Å². The molecular weight excluding hydrogens is 229 g/mol. The van der Waals surface area contributed by atoms with Gasteiger partial charge in [-0.05, 0) is 25.0 Å². The minimum Gasteiger partial charge on any atom is -0.304 e. The molecule has 1 aliphatic carbocycles. The largest absolute Gasteiger partial charge is 0.392 e. The first-order valence-corrected chi connectivity index (χ1v) is 5.57. The SMILES string of the molecule is FC(F)(F)C1CCc2nc3ccccn3c2C1. The Morgan fingerprint density at radius 2 is 2.12 bits per heavy atom. The van der Waals surface area contributed by atoms with E-state index in [1.165, 1.54) is 0 Å². The first-order valence-electron chi connectivity index (χ1n) is 5.57. The Morgan fingerprint density at radius 1 is 1.29 bits per heavy atom. The predicted octanol–water partition coefficient (Wildman–Crippen LogP) is 3.00. The number of fused-ring (bicyclic) bond motifs is 3. The van der Waals surface area contributed by atoms with Gasteiger partial charge in [0, 0.05) is 18.3 Å². The average molecular weight is 240 g/mol. The van der Waals surface area contributed by atoms with Crippen molar-refractivity contribution in [2.75, 3.05) is 0 Å². The number of nitrogens with zero attached hydrogens (tertiary/aromatic N) is 2.